The third-order valence-corrected chi connectivity index (χ3v) is 4.22. The van der Waals surface area contributed by atoms with Crippen molar-refractivity contribution in [1.82, 2.24) is 4.98 Å². The number of para-hydroxylation sites is 2. The van der Waals surface area contributed by atoms with Gasteiger partial charge in [-0.15, -0.1) is 4.57 Å². The van der Waals surface area contributed by atoms with Gasteiger partial charge in [-0.3, -0.25) is 4.79 Å². The summed E-state index contributed by atoms with van der Waals surface area (Å²) in [6, 6.07) is 21.7. The van der Waals surface area contributed by atoms with Crippen molar-refractivity contribution in [3.8, 4) is 11.4 Å². The van der Waals surface area contributed by atoms with Gasteiger partial charge in [0.05, 0.1) is 0 Å². The summed E-state index contributed by atoms with van der Waals surface area (Å²) in [5.74, 6) is 0.0930. The van der Waals surface area contributed by atoms with Crippen molar-refractivity contribution in [3.63, 3.8) is 0 Å². The minimum atomic E-state index is -0.365. The van der Waals surface area contributed by atoms with E-state index in [4.69, 9.17) is 9.72 Å². The van der Waals surface area contributed by atoms with Crippen molar-refractivity contribution in [1.29, 1.82) is 0 Å². The number of anilines is 1. The molecule has 0 atom stereocenters. The van der Waals surface area contributed by atoms with E-state index in [-0.39, 0.29) is 5.97 Å². The van der Waals surface area contributed by atoms with Crippen molar-refractivity contribution >= 4 is 33.7 Å². The molecule has 4 aromatic rings. The van der Waals surface area contributed by atoms with E-state index in [0.29, 0.717) is 11.3 Å². The van der Waals surface area contributed by atoms with Crippen LogP contribution >= 0.6 is 0 Å². The van der Waals surface area contributed by atoms with Crippen LogP contribution in [0, 0.1) is 0 Å². The van der Waals surface area contributed by atoms with E-state index in [0.717, 1.165) is 27.9 Å². The van der Waals surface area contributed by atoms with E-state index in [1.807, 2.05) is 61.6 Å². The van der Waals surface area contributed by atoms with Crippen molar-refractivity contribution in [2.75, 3.05) is 12.4 Å². The molecule has 0 aliphatic rings. The van der Waals surface area contributed by atoms with Crippen molar-refractivity contribution in [2.45, 2.75) is 6.92 Å². The largest absolute Gasteiger partial charge is 0.424 e. The summed E-state index contributed by atoms with van der Waals surface area (Å²) in [5, 5.41) is 3.17. The maximum atomic E-state index is 11.5. The summed E-state index contributed by atoms with van der Waals surface area (Å²) in [6.07, 6.45) is 0. The first kappa shape index (κ1) is 16.0. The van der Waals surface area contributed by atoms with Gasteiger partial charge in [0.25, 0.3) is 0 Å². The van der Waals surface area contributed by atoms with E-state index < -0.39 is 0 Å². The molecule has 5 nitrogen and oxygen atoms in total. The highest BCUT2D eigenvalue weighted by Gasteiger charge is 2.22. The van der Waals surface area contributed by atoms with Crippen molar-refractivity contribution < 1.29 is 14.1 Å². The molecule has 0 unspecified atom stereocenters. The lowest BCUT2D eigenvalue weighted by atomic mass is 10.2. The maximum Gasteiger partial charge on any atom is 0.308 e. The van der Waals surface area contributed by atoms with Gasteiger partial charge in [-0.05, 0) is 18.2 Å². The van der Waals surface area contributed by atoms with Crippen molar-refractivity contribution in [2.24, 2.45) is 0 Å². The van der Waals surface area contributed by atoms with E-state index in [9.17, 15) is 4.79 Å². The molecule has 0 aliphatic carbocycles. The highest BCUT2D eigenvalue weighted by atomic mass is 16.5. The Morgan fingerprint density at radius 2 is 1.81 bits per heavy atom. The number of esters is 1. The number of carbonyl (C=O) groups excluding carboxylic acids is 1. The quantitative estimate of drug-likeness (QED) is 0.267. The van der Waals surface area contributed by atoms with Crippen LogP contribution in [0.1, 0.15) is 6.92 Å². The van der Waals surface area contributed by atoms with Gasteiger partial charge in [0.2, 0.25) is 16.7 Å². The number of benzene rings is 3. The van der Waals surface area contributed by atoms with Crippen molar-refractivity contribution in [3.05, 3.63) is 66.7 Å². The van der Waals surface area contributed by atoms with Crippen LogP contribution in [0.4, 0.5) is 5.69 Å². The molecular weight excluding hydrogens is 326 g/mol. The zero-order valence-corrected chi connectivity index (χ0v) is 14.6. The SMILES string of the molecule is CNc1ccc2nc3c(OC(C)=O)cccc3[n+](-c3ccccc3)c2c1. The van der Waals surface area contributed by atoms with Crippen LogP contribution in [0.25, 0.3) is 27.8 Å². The van der Waals surface area contributed by atoms with Gasteiger partial charge >= 0.3 is 5.97 Å². The Morgan fingerprint density at radius 3 is 2.54 bits per heavy atom. The normalized spacial score (nSPS) is 10.8. The van der Waals surface area contributed by atoms with Gasteiger partial charge in [-0.2, -0.15) is 0 Å². The summed E-state index contributed by atoms with van der Waals surface area (Å²) in [5.41, 5.74) is 5.32. The fraction of sp³-hybridized carbons (Fsp3) is 0.0952. The van der Waals surface area contributed by atoms with Crippen LogP contribution in [0.3, 0.4) is 0 Å². The molecule has 0 radical (unpaired) electrons. The standard InChI is InChI=1S/C21H17N3O2/c1-14(25)26-20-10-6-9-18-21(20)23-17-12-11-15(22-2)13-19(17)24(18)16-7-4-3-5-8-16/h3-13H,1-2H3/p+1. The number of carbonyl (C=O) groups is 1. The second kappa shape index (κ2) is 6.44. The number of hydrogen-bond donors (Lipinski definition) is 1. The molecule has 4 rings (SSSR count). The molecule has 26 heavy (non-hydrogen) atoms. The summed E-state index contributed by atoms with van der Waals surface area (Å²) >= 11 is 0. The predicted molar refractivity (Wildman–Crippen MR) is 102 cm³/mol. The van der Waals surface area contributed by atoms with Gasteiger partial charge in [0.1, 0.15) is 5.52 Å². The number of fused-ring (bicyclic) bond motifs is 2. The Morgan fingerprint density at radius 1 is 1.00 bits per heavy atom. The molecule has 0 saturated carbocycles. The summed E-state index contributed by atoms with van der Waals surface area (Å²) in [6.45, 7) is 1.39. The van der Waals surface area contributed by atoms with E-state index in [1.165, 1.54) is 6.92 Å². The summed E-state index contributed by atoms with van der Waals surface area (Å²) < 4.78 is 7.52. The van der Waals surface area contributed by atoms with Gasteiger partial charge < -0.3 is 10.1 Å². The van der Waals surface area contributed by atoms with Crippen LogP contribution in [0.15, 0.2) is 66.7 Å². The molecule has 0 bridgehead atoms. The Kier molecular flexibility index (Phi) is 3.97. The predicted octanol–water partition coefficient (Wildman–Crippen LogP) is 3.63. The molecular formula is C21H18N3O2+. The highest BCUT2D eigenvalue weighted by molar-refractivity contribution is 5.88. The average Bonchev–Trinajstić information content (AvgIpc) is 2.66. The Labute approximate surface area is 150 Å². The lowest BCUT2D eigenvalue weighted by molar-refractivity contribution is -0.538. The zero-order valence-electron chi connectivity index (χ0n) is 14.6. The minimum Gasteiger partial charge on any atom is -0.424 e. The van der Waals surface area contributed by atoms with Crippen LogP contribution in [0.5, 0.6) is 5.75 Å². The van der Waals surface area contributed by atoms with Crippen LogP contribution in [0.2, 0.25) is 0 Å². The van der Waals surface area contributed by atoms with E-state index in [2.05, 4.69) is 16.0 Å². The Balaban J connectivity index is 2.15. The van der Waals surface area contributed by atoms with Crippen LogP contribution < -0.4 is 14.6 Å². The molecule has 128 valence electrons. The highest BCUT2D eigenvalue weighted by Crippen LogP contribution is 2.26. The molecule has 0 amide bonds. The first-order valence-corrected chi connectivity index (χ1v) is 8.37. The molecule has 0 aliphatic heterocycles. The number of aromatic nitrogens is 2. The number of nitrogens with zero attached hydrogens (tertiary/aromatic N) is 2. The zero-order chi connectivity index (χ0) is 18.1. The summed E-state index contributed by atoms with van der Waals surface area (Å²) in [4.78, 5) is 16.3. The third kappa shape index (κ3) is 2.73. The van der Waals surface area contributed by atoms with Gasteiger partial charge in [0, 0.05) is 43.9 Å². The monoisotopic (exact) mass is 344 g/mol. The minimum absolute atomic E-state index is 0.365. The first-order valence-electron chi connectivity index (χ1n) is 8.37. The molecule has 1 aromatic heterocycles. The topological polar surface area (TPSA) is 55.1 Å². The lowest BCUT2D eigenvalue weighted by Gasteiger charge is -2.09. The lowest BCUT2D eigenvalue weighted by Crippen LogP contribution is -2.33. The van der Waals surface area contributed by atoms with Gasteiger partial charge in [0.15, 0.2) is 11.3 Å². The first-order chi connectivity index (χ1) is 12.7. The second-order valence-corrected chi connectivity index (χ2v) is 5.95. The molecule has 0 fully saturated rings. The van der Waals surface area contributed by atoms with Crippen LogP contribution in [-0.4, -0.2) is 18.0 Å². The number of hydrogen-bond acceptors (Lipinski definition) is 4. The smallest absolute Gasteiger partial charge is 0.308 e. The molecule has 1 heterocycles. The van der Waals surface area contributed by atoms with E-state index >= 15 is 0 Å². The molecule has 3 aromatic carbocycles. The third-order valence-electron chi connectivity index (χ3n) is 4.22. The fourth-order valence-corrected chi connectivity index (χ4v) is 3.10. The summed E-state index contributed by atoms with van der Waals surface area (Å²) in [7, 11) is 1.89. The van der Waals surface area contributed by atoms with Gasteiger partial charge in [-0.25, -0.2) is 4.98 Å². The second-order valence-electron chi connectivity index (χ2n) is 5.95. The maximum absolute atomic E-state index is 11.5. The van der Waals surface area contributed by atoms with Gasteiger partial charge in [-0.1, -0.05) is 24.3 Å². The molecule has 5 heteroatoms. The number of ether oxygens (including phenoxy) is 1. The van der Waals surface area contributed by atoms with E-state index in [1.54, 1.807) is 6.07 Å². The number of nitrogens with one attached hydrogen (secondary N) is 1. The molecule has 0 saturated heterocycles. The van der Waals surface area contributed by atoms with Crippen LogP contribution in [-0.2, 0) is 4.79 Å². The average molecular weight is 344 g/mol. The Hall–Kier alpha value is -3.47. The molecule has 0 spiro atoms. The molecule has 1 N–H and O–H groups in total. The fourth-order valence-electron chi connectivity index (χ4n) is 3.10. The number of rotatable bonds is 3. The Bertz CT molecular complexity index is 1120.